The van der Waals surface area contributed by atoms with Crippen LogP contribution in [0.1, 0.15) is 51.1 Å². The third-order valence-corrected chi connectivity index (χ3v) is 6.10. The number of fused-ring (bicyclic) bond motifs is 1. The fraction of sp³-hybridized carbons (Fsp3) is 0.440. The Labute approximate surface area is 179 Å². The second-order valence-electron chi connectivity index (χ2n) is 8.33. The van der Waals surface area contributed by atoms with Crippen molar-refractivity contribution in [3.8, 4) is 0 Å². The van der Waals surface area contributed by atoms with E-state index < -0.39 is 0 Å². The lowest BCUT2D eigenvalue weighted by Crippen LogP contribution is -2.44. The van der Waals surface area contributed by atoms with Gasteiger partial charge in [-0.1, -0.05) is 55.8 Å². The first-order chi connectivity index (χ1) is 14.7. The van der Waals surface area contributed by atoms with Crippen molar-refractivity contribution in [3.63, 3.8) is 0 Å². The Morgan fingerprint density at radius 1 is 1.17 bits per heavy atom. The average molecular weight is 405 g/mol. The zero-order chi connectivity index (χ0) is 20.9. The number of unbranched alkanes of at least 4 members (excludes halogenated alkanes) is 1. The molecule has 5 heteroatoms. The Morgan fingerprint density at radius 2 is 1.93 bits per heavy atom. The summed E-state index contributed by atoms with van der Waals surface area (Å²) >= 11 is 0. The largest absolute Gasteiger partial charge is 0.349 e. The maximum atomic E-state index is 13.0. The molecule has 5 nitrogen and oxygen atoms in total. The predicted octanol–water partition coefficient (Wildman–Crippen LogP) is 4.93. The molecule has 1 fully saturated rings. The van der Waals surface area contributed by atoms with E-state index in [1.165, 1.54) is 5.52 Å². The second-order valence-corrected chi connectivity index (χ2v) is 8.33. The van der Waals surface area contributed by atoms with Crippen molar-refractivity contribution < 1.29 is 4.79 Å². The Hall–Kier alpha value is -2.82. The molecule has 2 atom stereocenters. The molecule has 0 saturated carbocycles. The highest BCUT2D eigenvalue weighted by atomic mass is 16.2. The number of benzene rings is 2. The van der Waals surface area contributed by atoms with E-state index in [9.17, 15) is 4.79 Å². The third kappa shape index (κ3) is 4.35. The molecule has 0 spiro atoms. The average Bonchev–Trinajstić information content (AvgIpc) is 3.17. The van der Waals surface area contributed by atoms with Crippen molar-refractivity contribution in [1.82, 2.24) is 14.9 Å². The van der Waals surface area contributed by atoms with Crippen molar-refractivity contribution in [2.75, 3.05) is 18.0 Å². The lowest BCUT2D eigenvalue weighted by molar-refractivity contribution is -0.125. The number of carbonyl (C=O) groups excluding carboxylic acids is 1. The monoisotopic (exact) mass is 404 g/mol. The molecule has 0 bridgehead atoms. The van der Waals surface area contributed by atoms with Crippen LogP contribution in [0.3, 0.4) is 0 Å². The minimum Gasteiger partial charge on any atom is -0.349 e. The van der Waals surface area contributed by atoms with Crippen LogP contribution in [0.25, 0.3) is 11.0 Å². The van der Waals surface area contributed by atoms with Crippen LogP contribution in [-0.4, -0.2) is 28.5 Å². The molecule has 1 aromatic heterocycles. The number of hydrogen-bond donors (Lipinski definition) is 1. The standard InChI is InChI=1S/C25H32N4O/c1-3-4-17-29-23-15-9-8-14-22(23)27-25(29)28-16-10-13-21(18-28)24(30)26-19(2)20-11-6-5-7-12-20/h5-9,11-12,14-15,19,21H,3-4,10,13,16-18H2,1-2H3,(H,26,30)/t19-,21-/m1/s1. The number of piperidine rings is 1. The Balaban J connectivity index is 1.50. The van der Waals surface area contributed by atoms with Gasteiger partial charge in [0.25, 0.3) is 0 Å². The first kappa shape index (κ1) is 20.5. The summed E-state index contributed by atoms with van der Waals surface area (Å²) in [6.07, 6.45) is 4.21. The van der Waals surface area contributed by atoms with Crippen LogP contribution in [0, 0.1) is 5.92 Å². The van der Waals surface area contributed by atoms with E-state index in [4.69, 9.17) is 4.98 Å². The van der Waals surface area contributed by atoms with Gasteiger partial charge in [0.1, 0.15) is 0 Å². The summed E-state index contributed by atoms with van der Waals surface area (Å²) in [7, 11) is 0. The number of carbonyl (C=O) groups is 1. The Kier molecular flexibility index (Phi) is 6.36. The molecule has 30 heavy (non-hydrogen) atoms. The molecule has 1 N–H and O–H groups in total. The van der Waals surface area contributed by atoms with Crippen molar-refractivity contribution in [2.45, 2.75) is 52.1 Å². The summed E-state index contributed by atoms with van der Waals surface area (Å²) in [6.45, 7) is 6.91. The van der Waals surface area contributed by atoms with Gasteiger partial charge in [-0.15, -0.1) is 0 Å². The number of amides is 1. The summed E-state index contributed by atoms with van der Waals surface area (Å²) in [4.78, 5) is 20.3. The van der Waals surface area contributed by atoms with E-state index in [1.54, 1.807) is 0 Å². The lowest BCUT2D eigenvalue weighted by Gasteiger charge is -2.33. The van der Waals surface area contributed by atoms with Crippen LogP contribution < -0.4 is 10.2 Å². The van der Waals surface area contributed by atoms with Crippen molar-refractivity contribution in [3.05, 3.63) is 60.2 Å². The summed E-state index contributed by atoms with van der Waals surface area (Å²) in [5.74, 6) is 1.15. The zero-order valence-electron chi connectivity index (χ0n) is 18.1. The number of nitrogens with zero attached hydrogens (tertiary/aromatic N) is 3. The molecule has 158 valence electrons. The van der Waals surface area contributed by atoms with Crippen LogP contribution >= 0.6 is 0 Å². The van der Waals surface area contributed by atoms with E-state index in [0.717, 1.165) is 62.3 Å². The molecule has 0 unspecified atom stereocenters. The first-order valence-corrected chi connectivity index (χ1v) is 11.2. The maximum Gasteiger partial charge on any atom is 0.225 e. The van der Waals surface area contributed by atoms with Gasteiger partial charge in [-0.25, -0.2) is 4.98 Å². The van der Waals surface area contributed by atoms with Crippen molar-refractivity contribution in [1.29, 1.82) is 0 Å². The molecular weight excluding hydrogens is 372 g/mol. The highest BCUT2D eigenvalue weighted by Crippen LogP contribution is 2.28. The molecular formula is C25H32N4O. The van der Waals surface area contributed by atoms with E-state index in [1.807, 2.05) is 24.3 Å². The number of para-hydroxylation sites is 2. The van der Waals surface area contributed by atoms with Gasteiger partial charge >= 0.3 is 0 Å². The van der Waals surface area contributed by atoms with Gasteiger partial charge in [-0.05, 0) is 43.9 Å². The lowest BCUT2D eigenvalue weighted by atomic mass is 9.96. The zero-order valence-corrected chi connectivity index (χ0v) is 18.1. The SMILES string of the molecule is CCCCn1c(N2CCC[C@@H](C(=O)N[C@H](C)c3ccccc3)C2)nc2ccccc21. The van der Waals surface area contributed by atoms with Gasteiger partial charge in [0.2, 0.25) is 11.9 Å². The van der Waals surface area contributed by atoms with E-state index >= 15 is 0 Å². The molecule has 1 aliphatic heterocycles. The number of nitrogens with one attached hydrogen (secondary N) is 1. The van der Waals surface area contributed by atoms with Gasteiger partial charge in [0.15, 0.2) is 0 Å². The van der Waals surface area contributed by atoms with Crippen LogP contribution in [0.15, 0.2) is 54.6 Å². The fourth-order valence-corrected chi connectivity index (χ4v) is 4.37. The summed E-state index contributed by atoms with van der Waals surface area (Å²) in [5, 5.41) is 3.22. The normalized spacial score (nSPS) is 17.8. The van der Waals surface area contributed by atoms with E-state index in [0.29, 0.717) is 0 Å². The predicted molar refractivity (Wildman–Crippen MR) is 123 cm³/mol. The van der Waals surface area contributed by atoms with Crippen LogP contribution in [0.2, 0.25) is 0 Å². The van der Waals surface area contributed by atoms with E-state index in [-0.39, 0.29) is 17.9 Å². The van der Waals surface area contributed by atoms with Gasteiger partial charge < -0.3 is 14.8 Å². The first-order valence-electron chi connectivity index (χ1n) is 11.2. The highest BCUT2D eigenvalue weighted by Gasteiger charge is 2.29. The number of hydrogen-bond acceptors (Lipinski definition) is 3. The molecule has 1 saturated heterocycles. The quantitative estimate of drug-likeness (QED) is 0.607. The number of imidazole rings is 1. The Bertz CT molecular complexity index is 981. The smallest absolute Gasteiger partial charge is 0.225 e. The van der Waals surface area contributed by atoms with Crippen LogP contribution in [-0.2, 0) is 11.3 Å². The summed E-state index contributed by atoms with van der Waals surface area (Å²) in [5.41, 5.74) is 3.36. The number of anilines is 1. The topological polar surface area (TPSA) is 50.2 Å². The molecule has 0 aliphatic carbocycles. The molecule has 1 amide bonds. The molecule has 4 rings (SSSR count). The molecule has 2 aromatic carbocycles. The van der Waals surface area contributed by atoms with Crippen molar-refractivity contribution >= 4 is 22.9 Å². The fourth-order valence-electron chi connectivity index (χ4n) is 4.37. The number of rotatable bonds is 7. The third-order valence-electron chi connectivity index (χ3n) is 6.10. The van der Waals surface area contributed by atoms with Gasteiger partial charge in [-0.3, -0.25) is 4.79 Å². The molecule has 0 radical (unpaired) electrons. The van der Waals surface area contributed by atoms with E-state index in [2.05, 4.69) is 59.0 Å². The van der Waals surface area contributed by atoms with Gasteiger partial charge in [0.05, 0.1) is 23.0 Å². The highest BCUT2D eigenvalue weighted by molar-refractivity contribution is 5.81. The molecule has 3 aromatic rings. The second kappa shape index (κ2) is 9.33. The Morgan fingerprint density at radius 3 is 2.73 bits per heavy atom. The minimum atomic E-state index is -0.00986. The summed E-state index contributed by atoms with van der Waals surface area (Å²) < 4.78 is 2.34. The minimum absolute atomic E-state index is 0.00986. The van der Waals surface area contributed by atoms with Crippen molar-refractivity contribution in [2.24, 2.45) is 5.92 Å². The van der Waals surface area contributed by atoms with Crippen LogP contribution in [0.5, 0.6) is 0 Å². The molecule has 2 heterocycles. The maximum absolute atomic E-state index is 13.0. The van der Waals surface area contributed by atoms with Crippen LogP contribution in [0.4, 0.5) is 5.95 Å². The van der Waals surface area contributed by atoms with Gasteiger partial charge in [-0.2, -0.15) is 0 Å². The number of aryl methyl sites for hydroxylation is 1. The van der Waals surface area contributed by atoms with Gasteiger partial charge in [0, 0.05) is 19.6 Å². The number of aromatic nitrogens is 2. The molecule has 1 aliphatic rings. The summed E-state index contributed by atoms with van der Waals surface area (Å²) in [6, 6.07) is 18.5.